The molecule has 0 bridgehead atoms. The van der Waals surface area contributed by atoms with Crippen LogP contribution in [0.4, 0.5) is 23.2 Å². The zero-order valence-corrected chi connectivity index (χ0v) is 14.5. The molecule has 2 aromatic carbocycles. The number of nitrogens with zero attached hydrogens (tertiary/aromatic N) is 2. The summed E-state index contributed by atoms with van der Waals surface area (Å²) in [5.74, 6) is -1.94. The van der Waals surface area contributed by atoms with E-state index in [0.29, 0.717) is 11.3 Å². The van der Waals surface area contributed by atoms with Gasteiger partial charge in [0.15, 0.2) is 0 Å². The van der Waals surface area contributed by atoms with Crippen LogP contribution >= 0.6 is 0 Å². The first-order valence-electron chi connectivity index (χ1n) is 8.05. The van der Waals surface area contributed by atoms with Gasteiger partial charge in [-0.05, 0) is 49.7 Å². The van der Waals surface area contributed by atoms with Gasteiger partial charge in [-0.3, -0.25) is 5.01 Å². The molecule has 142 valence electrons. The summed E-state index contributed by atoms with van der Waals surface area (Å²) < 4.78 is 52.8. The van der Waals surface area contributed by atoms with Crippen molar-refractivity contribution in [3.63, 3.8) is 0 Å². The van der Waals surface area contributed by atoms with Crippen LogP contribution in [0.25, 0.3) is 11.1 Å². The van der Waals surface area contributed by atoms with Gasteiger partial charge in [-0.2, -0.15) is 18.3 Å². The van der Waals surface area contributed by atoms with Gasteiger partial charge in [-0.15, -0.1) is 0 Å². The van der Waals surface area contributed by atoms with Gasteiger partial charge in [0, 0.05) is 17.7 Å². The highest BCUT2D eigenvalue weighted by Gasteiger charge is 2.41. The molecule has 2 aromatic rings. The Morgan fingerprint density at radius 1 is 1.19 bits per heavy atom. The largest absolute Gasteiger partial charge is 0.547 e. The highest BCUT2D eigenvalue weighted by Crippen LogP contribution is 2.42. The van der Waals surface area contributed by atoms with Gasteiger partial charge < -0.3 is 9.90 Å². The quantitative estimate of drug-likeness (QED) is 0.766. The Bertz CT molecular complexity index is 922. The predicted molar refractivity (Wildman–Crippen MR) is 90.5 cm³/mol. The molecular formula is C19H15F4N2O2-. The van der Waals surface area contributed by atoms with Crippen molar-refractivity contribution in [3.05, 3.63) is 53.8 Å². The van der Waals surface area contributed by atoms with Crippen LogP contribution in [0, 0.1) is 5.82 Å². The molecule has 0 aliphatic carbocycles. The molecule has 0 radical (unpaired) electrons. The molecule has 1 aliphatic heterocycles. The first-order chi connectivity index (χ1) is 12.5. The molecule has 0 fully saturated rings. The maximum atomic E-state index is 13.3. The van der Waals surface area contributed by atoms with Crippen LogP contribution in [0.1, 0.15) is 25.8 Å². The maximum Gasteiger partial charge on any atom is 0.416 e. The number of carboxylic acid groups (broad SMARTS) is 1. The number of carbonyl (C=O) groups is 1. The Morgan fingerprint density at radius 3 is 2.37 bits per heavy atom. The van der Waals surface area contributed by atoms with Gasteiger partial charge in [-0.25, -0.2) is 4.39 Å². The molecule has 0 saturated heterocycles. The smallest absolute Gasteiger partial charge is 0.416 e. The first-order valence-corrected chi connectivity index (χ1v) is 8.05. The van der Waals surface area contributed by atoms with Gasteiger partial charge in [-0.1, -0.05) is 12.1 Å². The van der Waals surface area contributed by atoms with E-state index in [2.05, 4.69) is 5.10 Å². The number of benzene rings is 2. The SMILES string of the molecule is CC1=NN(c2ccc(C(F)(F)F)cc2-c2ccc(F)cc2)C(C)(C(=O)[O-])C1. The summed E-state index contributed by atoms with van der Waals surface area (Å²) in [6.45, 7) is 3.03. The Balaban J connectivity index is 2.23. The van der Waals surface area contributed by atoms with E-state index in [4.69, 9.17) is 0 Å². The lowest BCUT2D eigenvalue weighted by Gasteiger charge is -2.36. The maximum absolute atomic E-state index is 13.3. The molecule has 0 saturated carbocycles. The van der Waals surface area contributed by atoms with Gasteiger partial charge in [0.05, 0.1) is 17.2 Å². The molecule has 0 spiro atoms. The molecule has 1 heterocycles. The van der Waals surface area contributed by atoms with Crippen LogP contribution in [0.15, 0.2) is 47.6 Å². The third-order valence-electron chi connectivity index (χ3n) is 4.49. The first kappa shape index (κ1) is 18.9. The van der Waals surface area contributed by atoms with E-state index >= 15 is 0 Å². The average Bonchev–Trinajstić information content (AvgIpc) is 2.90. The third-order valence-corrected chi connectivity index (χ3v) is 4.49. The van der Waals surface area contributed by atoms with Crippen molar-refractivity contribution in [1.29, 1.82) is 0 Å². The zero-order chi connectivity index (χ0) is 20.0. The van der Waals surface area contributed by atoms with Gasteiger partial charge in [0.2, 0.25) is 0 Å². The average molecular weight is 379 g/mol. The minimum Gasteiger partial charge on any atom is -0.547 e. The Morgan fingerprint density at radius 2 is 1.81 bits per heavy atom. The molecule has 1 aliphatic rings. The molecule has 3 rings (SSSR count). The molecule has 27 heavy (non-hydrogen) atoms. The summed E-state index contributed by atoms with van der Waals surface area (Å²) in [5.41, 5.74) is -1.38. The third kappa shape index (κ3) is 3.39. The predicted octanol–water partition coefficient (Wildman–Crippen LogP) is 3.61. The van der Waals surface area contributed by atoms with E-state index in [1.54, 1.807) is 6.92 Å². The number of hydrazone groups is 1. The van der Waals surface area contributed by atoms with E-state index < -0.39 is 29.1 Å². The summed E-state index contributed by atoms with van der Waals surface area (Å²) in [6.07, 6.45) is -4.52. The number of anilines is 1. The van der Waals surface area contributed by atoms with E-state index in [9.17, 15) is 27.5 Å². The van der Waals surface area contributed by atoms with Gasteiger partial charge >= 0.3 is 6.18 Å². The molecule has 0 N–H and O–H groups in total. The number of halogens is 4. The summed E-state index contributed by atoms with van der Waals surface area (Å²) in [5, 5.41) is 17.1. The second-order valence-electron chi connectivity index (χ2n) is 6.62. The van der Waals surface area contributed by atoms with Crippen LogP contribution < -0.4 is 10.1 Å². The van der Waals surface area contributed by atoms with Crippen LogP contribution in [0.5, 0.6) is 0 Å². The van der Waals surface area contributed by atoms with Crippen LogP contribution in [0.3, 0.4) is 0 Å². The summed E-state index contributed by atoms with van der Waals surface area (Å²) in [4.78, 5) is 11.7. The fourth-order valence-corrected chi connectivity index (χ4v) is 3.13. The topological polar surface area (TPSA) is 55.7 Å². The molecular weight excluding hydrogens is 364 g/mol. The van der Waals surface area contributed by atoms with Crippen molar-refractivity contribution in [3.8, 4) is 11.1 Å². The number of alkyl halides is 3. The second kappa shape index (κ2) is 6.37. The van der Waals surface area contributed by atoms with Crippen molar-refractivity contribution in [1.82, 2.24) is 0 Å². The van der Waals surface area contributed by atoms with Gasteiger partial charge in [0.1, 0.15) is 11.4 Å². The fourth-order valence-electron chi connectivity index (χ4n) is 3.13. The zero-order valence-electron chi connectivity index (χ0n) is 14.5. The molecule has 4 nitrogen and oxygen atoms in total. The van der Waals surface area contributed by atoms with E-state index in [0.717, 1.165) is 29.3 Å². The van der Waals surface area contributed by atoms with Crippen molar-refractivity contribution in [2.75, 3.05) is 5.01 Å². The van der Waals surface area contributed by atoms with Crippen molar-refractivity contribution >= 4 is 17.4 Å². The number of hydrogen-bond acceptors (Lipinski definition) is 4. The summed E-state index contributed by atoms with van der Waals surface area (Å²) in [7, 11) is 0. The highest BCUT2D eigenvalue weighted by molar-refractivity contribution is 5.98. The second-order valence-corrected chi connectivity index (χ2v) is 6.62. The summed E-state index contributed by atoms with van der Waals surface area (Å²) in [6, 6.07) is 7.84. The van der Waals surface area contributed by atoms with Crippen molar-refractivity contribution in [2.24, 2.45) is 5.10 Å². The van der Waals surface area contributed by atoms with Crippen LogP contribution in [0.2, 0.25) is 0 Å². The summed E-state index contributed by atoms with van der Waals surface area (Å²) >= 11 is 0. The minimum absolute atomic E-state index is 0.0687. The van der Waals surface area contributed by atoms with Crippen LogP contribution in [-0.2, 0) is 11.0 Å². The van der Waals surface area contributed by atoms with Crippen LogP contribution in [-0.4, -0.2) is 17.2 Å². The number of hydrogen-bond donors (Lipinski definition) is 0. The molecule has 1 atom stereocenters. The number of rotatable bonds is 3. The monoisotopic (exact) mass is 379 g/mol. The molecule has 8 heteroatoms. The molecule has 0 aromatic heterocycles. The Kier molecular flexibility index (Phi) is 4.45. The number of aliphatic carboxylic acids is 1. The highest BCUT2D eigenvalue weighted by atomic mass is 19.4. The lowest BCUT2D eigenvalue weighted by atomic mass is 9.93. The molecule has 1 unspecified atom stereocenters. The molecule has 0 amide bonds. The van der Waals surface area contributed by atoms with E-state index in [1.165, 1.54) is 25.1 Å². The standard InChI is InChI=1S/C19H16F4N2O2/c1-11-10-18(2,17(26)27)25(24-11)16-8-5-13(19(21,22)23)9-15(16)12-3-6-14(20)7-4-12/h3-9H,10H2,1-2H3,(H,26,27)/p-1. The Labute approximate surface area is 152 Å². The fraction of sp³-hybridized carbons (Fsp3) is 0.263. The Hall–Kier alpha value is -2.90. The minimum atomic E-state index is -4.59. The van der Waals surface area contributed by atoms with E-state index in [-0.39, 0.29) is 17.7 Å². The lowest BCUT2D eigenvalue weighted by molar-refractivity contribution is -0.312. The lowest BCUT2D eigenvalue weighted by Crippen LogP contribution is -2.54. The van der Waals surface area contributed by atoms with Gasteiger partial charge in [0.25, 0.3) is 0 Å². The number of carbonyl (C=O) groups excluding carboxylic acids is 1. The van der Waals surface area contributed by atoms with Crippen molar-refractivity contribution < 1.29 is 27.5 Å². The number of carboxylic acids is 1. The van der Waals surface area contributed by atoms with E-state index in [1.807, 2.05) is 0 Å². The normalized spacial score (nSPS) is 19.9. The van der Waals surface area contributed by atoms with Crippen molar-refractivity contribution in [2.45, 2.75) is 32.0 Å².